The van der Waals surface area contributed by atoms with Gasteiger partial charge in [0.2, 0.25) is 0 Å². The van der Waals surface area contributed by atoms with E-state index in [0.717, 1.165) is 22.1 Å². The van der Waals surface area contributed by atoms with Crippen molar-refractivity contribution in [2.45, 2.75) is 20.3 Å². The molecule has 9 nitrogen and oxygen atoms in total. The number of anilines is 1. The van der Waals surface area contributed by atoms with Crippen molar-refractivity contribution < 1.29 is 75.2 Å². The van der Waals surface area contributed by atoms with Gasteiger partial charge in [0.05, 0.1) is 5.69 Å². The molecule has 1 heterocycles. The maximum Gasteiger partial charge on any atom is 1.00 e. The minimum absolute atomic E-state index is 0. The maximum absolute atomic E-state index is 12.7. The molecule has 0 fully saturated rings. The summed E-state index contributed by atoms with van der Waals surface area (Å²) >= 11 is 0. The second kappa shape index (κ2) is 11.1. The quantitative estimate of drug-likeness (QED) is 0.366. The molecule has 0 unspecified atom stereocenters. The van der Waals surface area contributed by atoms with Gasteiger partial charge in [-0.2, -0.15) is 8.42 Å². The van der Waals surface area contributed by atoms with E-state index in [4.69, 9.17) is 9.15 Å². The summed E-state index contributed by atoms with van der Waals surface area (Å²) in [4.78, 5) is 25.9. The molecule has 2 aromatic carbocycles. The predicted octanol–water partition coefficient (Wildman–Crippen LogP) is 0.0536. The summed E-state index contributed by atoms with van der Waals surface area (Å²) in [6.45, 7) is 3.63. The fraction of sp³-hybridized carbons (Fsp3) is 0.273. The third-order valence-corrected chi connectivity index (χ3v) is 6.02. The second-order valence-corrected chi connectivity index (χ2v) is 9.18. The Morgan fingerprint density at radius 1 is 1.18 bits per heavy atom. The fourth-order valence-corrected chi connectivity index (χ4v) is 3.72. The van der Waals surface area contributed by atoms with Crippen molar-refractivity contribution >= 4 is 33.0 Å². The van der Waals surface area contributed by atoms with Gasteiger partial charge in [-0.05, 0) is 48.7 Å². The minimum Gasteiger partial charge on any atom is -1.00 e. The van der Waals surface area contributed by atoms with Crippen molar-refractivity contribution in [2.24, 2.45) is 0 Å². The van der Waals surface area contributed by atoms with Crippen molar-refractivity contribution in [1.82, 2.24) is 9.62 Å². The minimum atomic E-state index is -3.65. The SMILES string of the molecule is CNS(=O)(=O)Nc1cccc(Cc2c(C)c3cc(C)c(OC(=O)N(C)C)cc3oc2=O)c1.[H-].[K+]. The van der Waals surface area contributed by atoms with Crippen LogP contribution in [0.2, 0.25) is 0 Å². The number of ether oxygens (including phenoxy) is 1. The zero-order valence-corrected chi connectivity index (χ0v) is 23.4. The number of hydrogen-bond donors (Lipinski definition) is 2. The average Bonchev–Trinajstić information content (AvgIpc) is 2.72. The number of rotatable bonds is 6. The first-order valence-electron chi connectivity index (χ1n) is 9.77. The molecule has 33 heavy (non-hydrogen) atoms. The van der Waals surface area contributed by atoms with Crippen LogP contribution in [0.25, 0.3) is 11.0 Å². The van der Waals surface area contributed by atoms with Crippen LogP contribution >= 0.6 is 0 Å². The summed E-state index contributed by atoms with van der Waals surface area (Å²) in [5.74, 6) is 0.316. The topological polar surface area (TPSA) is 118 Å². The Labute approximate surface area is 236 Å². The van der Waals surface area contributed by atoms with Gasteiger partial charge in [-0.3, -0.25) is 4.72 Å². The fourth-order valence-electron chi connectivity index (χ4n) is 3.18. The Morgan fingerprint density at radius 3 is 2.52 bits per heavy atom. The summed E-state index contributed by atoms with van der Waals surface area (Å²) in [6.07, 6.45) is -0.271. The van der Waals surface area contributed by atoms with Gasteiger partial charge in [-0.1, -0.05) is 12.1 Å². The average molecular weight is 500 g/mol. The van der Waals surface area contributed by atoms with Crippen LogP contribution in [0.3, 0.4) is 0 Å². The van der Waals surface area contributed by atoms with Crippen molar-refractivity contribution in [2.75, 3.05) is 25.9 Å². The number of nitrogens with one attached hydrogen (secondary N) is 2. The summed E-state index contributed by atoms with van der Waals surface area (Å²) in [7, 11) is 0.815. The van der Waals surface area contributed by atoms with Gasteiger partial charge in [-0.15, -0.1) is 0 Å². The van der Waals surface area contributed by atoms with Gasteiger partial charge in [0.15, 0.2) is 0 Å². The number of carbonyl (C=O) groups is 1. The first-order chi connectivity index (χ1) is 15.0. The van der Waals surface area contributed by atoms with Gasteiger partial charge < -0.3 is 15.5 Å². The molecule has 172 valence electrons. The summed E-state index contributed by atoms with van der Waals surface area (Å²) in [5, 5.41) is 0.730. The number of carbonyl (C=O) groups excluding carboxylic acids is 1. The standard InChI is InChI=1S/C22H25N3O6S.K.H/c1-13-9-17-14(2)18(11-15-7-6-8-16(10-15)24-32(28,29)23-3)21(26)30-20(17)12-19(13)31-22(27)25(4)5;;/h6-10,12,23-24H,11H2,1-5H3;;/q;+1;-1. The molecule has 0 radical (unpaired) electrons. The normalized spacial score (nSPS) is 11.1. The molecule has 0 saturated heterocycles. The number of aryl methyl sites for hydroxylation is 2. The molecule has 3 rings (SSSR count). The van der Waals surface area contributed by atoms with E-state index in [1.807, 2.05) is 13.0 Å². The molecule has 0 aliphatic rings. The molecule has 1 amide bonds. The van der Waals surface area contributed by atoms with Crippen LogP contribution < -0.4 is 71.2 Å². The Kier molecular flexibility index (Phi) is 9.28. The molecule has 0 aliphatic carbocycles. The van der Waals surface area contributed by atoms with Crippen LogP contribution in [0.1, 0.15) is 23.7 Å². The Morgan fingerprint density at radius 2 is 1.88 bits per heavy atom. The molecule has 11 heteroatoms. The number of fused-ring (bicyclic) bond motifs is 1. The van der Waals surface area contributed by atoms with E-state index in [1.54, 1.807) is 45.3 Å². The summed E-state index contributed by atoms with van der Waals surface area (Å²) in [6, 6.07) is 10.1. The monoisotopic (exact) mass is 499 g/mol. The number of nitrogens with zero attached hydrogens (tertiary/aromatic N) is 1. The Hall–Kier alpha value is -1.73. The van der Waals surface area contributed by atoms with E-state index >= 15 is 0 Å². The molecule has 3 aromatic rings. The zero-order chi connectivity index (χ0) is 23.6. The van der Waals surface area contributed by atoms with Crippen LogP contribution in [0, 0.1) is 13.8 Å². The molecular weight excluding hydrogens is 473 g/mol. The molecule has 2 N–H and O–H groups in total. The van der Waals surface area contributed by atoms with E-state index < -0.39 is 21.9 Å². The maximum atomic E-state index is 12.7. The van der Waals surface area contributed by atoms with E-state index in [0.29, 0.717) is 22.6 Å². The Bertz CT molecular complexity index is 1360. The Balaban J connectivity index is 0.00000289. The van der Waals surface area contributed by atoms with Crippen molar-refractivity contribution in [3.8, 4) is 5.75 Å². The third-order valence-electron chi connectivity index (χ3n) is 4.97. The van der Waals surface area contributed by atoms with Gasteiger partial charge in [0, 0.05) is 44.6 Å². The van der Waals surface area contributed by atoms with Crippen molar-refractivity contribution in [1.29, 1.82) is 0 Å². The first kappa shape index (κ1) is 27.5. The van der Waals surface area contributed by atoms with Gasteiger partial charge in [0.1, 0.15) is 11.3 Å². The molecule has 0 aliphatic heterocycles. The van der Waals surface area contributed by atoms with E-state index in [9.17, 15) is 18.0 Å². The summed E-state index contributed by atoms with van der Waals surface area (Å²) in [5.41, 5.74) is 2.85. The van der Waals surface area contributed by atoms with Gasteiger partial charge in [-0.25, -0.2) is 14.3 Å². The van der Waals surface area contributed by atoms with Crippen molar-refractivity contribution in [3.63, 3.8) is 0 Å². The van der Waals surface area contributed by atoms with Crippen LogP contribution in [-0.2, 0) is 16.6 Å². The molecule has 0 saturated carbocycles. The largest absolute Gasteiger partial charge is 1.00 e. The molecule has 0 atom stereocenters. The second-order valence-electron chi connectivity index (χ2n) is 7.56. The number of amides is 1. The van der Waals surface area contributed by atoms with E-state index in [-0.39, 0.29) is 59.2 Å². The predicted molar refractivity (Wildman–Crippen MR) is 124 cm³/mol. The zero-order valence-electron chi connectivity index (χ0n) is 20.5. The van der Waals surface area contributed by atoms with Crippen LogP contribution in [0.15, 0.2) is 45.6 Å². The van der Waals surface area contributed by atoms with Crippen LogP contribution in [-0.4, -0.2) is 40.6 Å². The smallest absolute Gasteiger partial charge is 1.00 e. The van der Waals surface area contributed by atoms with E-state index in [1.165, 1.54) is 18.0 Å². The molecule has 0 bridgehead atoms. The molecule has 1 aromatic heterocycles. The molecule has 0 spiro atoms. The van der Waals surface area contributed by atoms with Gasteiger partial charge in [0.25, 0.3) is 10.2 Å². The van der Waals surface area contributed by atoms with Gasteiger partial charge >= 0.3 is 63.1 Å². The third kappa shape index (κ3) is 6.66. The number of benzene rings is 2. The first-order valence-corrected chi connectivity index (χ1v) is 11.3. The summed E-state index contributed by atoms with van der Waals surface area (Å²) < 4.78 is 38.9. The molecular formula is C22H26KN3O6S. The number of hydrogen-bond acceptors (Lipinski definition) is 6. The van der Waals surface area contributed by atoms with Crippen molar-refractivity contribution in [3.05, 3.63) is 69.1 Å². The van der Waals surface area contributed by atoms with E-state index in [2.05, 4.69) is 9.44 Å². The van der Waals surface area contributed by atoms with Crippen LogP contribution in [0.5, 0.6) is 5.75 Å². The van der Waals surface area contributed by atoms with Crippen LogP contribution in [0.4, 0.5) is 10.5 Å².